The van der Waals surface area contributed by atoms with E-state index in [1.54, 1.807) is 0 Å². The van der Waals surface area contributed by atoms with Gasteiger partial charge < -0.3 is 14.6 Å². The Morgan fingerprint density at radius 2 is 1.36 bits per heavy atom. The fourth-order valence-electron chi connectivity index (χ4n) is 3.63. The average Bonchev–Trinajstić information content (AvgIpc) is 2.69. The molecular weight excluding hydrogens is 364 g/mol. The molecule has 2 atom stereocenters. The van der Waals surface area contributed by atoms with Gasteiger partial charge in [0.1, 0.15) is 0 Å². The third kappa shape index (κ3) is 7.17. The molecule has 2 unspecified atom stereocenters. The molecule has 0 aromatic heterocycles. The number of hydrogen-bond donors (Lipinski definition) is 2. The van der Waals surface area contributed by atoms with Gasteiger partial charge in [-0.3, -0.25) is 0 Å². The van der Waals surface area contributed by atoms with Crippen LogP contribution in [0.25, 0.3) is 0 Å². The zero-order valence-electron chi connectivity index (χ0n) is 17.6. The van der Waals surface area contributed by atoms with E-state index >= 15 is 0 Å². The number of aliphatic hydroxyl groups is 2. The van der Waals surface area contributed by atoms with Gasteiger partial charge in [0, 0.05) is 13.2 Å². The Balaban J connectivity index is 2.28. The first kappa shape index (κ1) is 22.8. The summed E-state index contributed by atoms with van der Waals surface area (Å²) < 4.78 is 6.94. The van der Waals surface area contributed by atoms with Crippen molar-refractivity contribution in [3.8, 4) is 0 Å². The molecule has 0 spiro atoms. The minimum atomic E-state index is -1.83. The maximum Gasteiger partial charge on any atom is 0.240 e. The summed E-state index contributed by atoms with van der Waals surface area (Å²) in [6.45, 7) is 7.10. The predicted octanol–water partition coefficient (Wildman–Crippen LogP) is 3.12. The predicted molar refractivity (Wildman–Crippen MR) is 120 cm³/mol. The monoisotopic (exact) mass is 400 g/mol. The third-order valence-corrected chi connectivity index (χ3v) is 7.91. The molecule has 0 aliphatic carbocycles. The van der Waals surface area contributed by atoms with E-state index in [2.05, 4.69) is 69.3 Å². The van der Waals surface area contributed by atoms with E-state index in [1.807, 2.05) is 12.1 Å². The van der Waals surface area contributed by atoms with Crippen LogP contribution in [-0.4, -0.2) is 38.6 Å². The van der Waals surface area contributed by atoms with Gasteiger partial charge in [0.2, 0.25) is 9.04 Å². The fraction of sp³-hybridized carbons (Fsp3) is 0.500. The van der Waals surface area contributed by atoms with Crippen molar-refractivity contribution >= 4 is 19.4 Å². The molecule has 3 nitrogen and oxygen atoms in total. The molecule has 2 rings (SSSR count). The lowest BCUT2D eigenvalue weighted by molar-refractivity contribution is 0.0579. The number of benzene rings is 2. The highest BCUT2D eigenvalue weighted by Crippen LogP contribution is 2.31. The molecule has 28 heavy (non-hydrogen) atoms. The van der Waals surface area contributed by atoms with Crippen molar-refractivity contribution in [1.29, 1.82) is 0 Å². The second kappa shape index (κ2) is 11.5. The van der Waals surface area contributed by atoms with E-state index in [1.165, 1.54) is 10.4 Å². The molecule has 2 aromatic carbocycles. The van der Waals surface area contributed by atoms with Gasteiger partial charge in [-0.2, -0.15) is 0 Å². The second-order valence-corrected chi connectivity index (χ2v) is 11.0. The first-order valence-corrected chi connectivity index (χ1v) is 12.1. The van der Waals surface area contributed by atoms with Crippen LogP contribution in [0, 0.1) is 11.3 Å². The summed E-state index contributed by atoms with van der Waals surface area (Å²) in [4.78, 5) is 0. The molecule has 0 fully saturated rings. The standard InChI is InChI=1S/C24H36O3Si/c1-24(2,3)23(19-20(16-18-26)11-10-17-25)27-28(21-12-6-4-7-13-21)22-14-8-5-9-15-22/h4-9,12-15,20,23,25-26,28H,10-11,16-19H2,1-3H3. The van der Waals surface area contributed by atoms with E-state index in [0.717, 1.165) is 25.7 Å². The maximum atomic E-state index is 9.49. The Hall–Kier alpha value is -1.46. The summed E-state index contributed by atoms with van der Waals surface area (Å²) in [7, 11) is -1.83. The number of rotatable bonds is 11. The van der Waals surface area contributed by atoms with Crippen LogP contribution in [0.4, 0.5) is 0 Å². The van der Waals surface area contributed by atoms with Gasteiger partial charge in [0.05, 0.1) is 6.10 Å². The van der Waals surface area contributed by atoms with Crippen molar-refractivity contribution in [2.24, 2.45) is 11.3 Å². The van der Waals surface area contributed by atoms with Crippen molar-refractivity contribution in [3.63, 3.8) is 0 Å². The molecule has 0 amide bonds. The summed E-state index contributed by atoms with van der Waals surface area (Å²) in [5.74, 6) is 0.363. The maximum absolute atomic E-state index is 9.49. The molecule has 4 heteroatoms. The summed E-state index contributed by atoms with van der Waals surface area (Å²) in [6, 6.07) is 21.2. The van der Waals surface area contributed by atoms with Crippen molar-refractivity contribution < 1.29 is 14.6 Å². The van der Waals surface area contributed by atoms with Crippen LogP contribution in [-0.2, 0) is 4.43 Å². The van der Waals surface area contributed by atoms with Gasteiger partial charge in [0.25, 0.3) is 0 Å². The molecule has 0 saturated heterocycles. The van der Waals surface area contributed by atoms with E-state index < -0.39 is 9.04 Å². The molecule has 2 aromatic rings. The Labute approximate surface area is 172 Å². The Bertz CT molecular complexity index is 615. The van der Waals surface area contributed by atoms with Crippen LogP contribution < -0.4 is 10.4 Å². The second-order valence-electron chi connectivity index (χ2n) is 8.67. The summed E-state index contributed by atoms with van der Waals surface area (Å²) >= 11 is 0. The Morgan fingerprint density at radius 1 is 0.821 bits per heavy atom. The molecule has 0 heterocycles. The van der Waals surface area contributed by atoms with Gasteiger partial charge in [-0.25, -0.2) is 0 Å². The van der Waals surface area contributed by atoms with Gasteiger partial charge in [-0.05, 0) is 47.4 Å². The van der Waals surface area contributed by atoms with Crippen molar-refractivity contribution in [3.05, 3.63) is 60.7 Å². The minimum absolute atomic E-state index is 0.00172. The molecule has 0 saturated carbocycles. The zero-order chi connectivity index (χ0) is 20.4. The smallest absolute Gasteiger partial charge is 0.240 e. The highest BCUT2D eigenvalue weighted by molar-refractivity contribution is 6.80. The number of hydrogen-bond acceptors (Lipinski definition) is 3. The highest BCUT2D eigenvalue weighted by atomic mass is 28.3. The van der Waals surface area contributed by atoms with E-state index in [4.69, 9.17) is 4.43 Å². The Kier molecular flexibility index (Phi) is 9.39. The van der Waals surface area contributed by atoms with Gasteiger partial charge in [-0.1, -0.05) is 81.4 Å². The summed E-state index contributed by atoms with van der Waals surface area (Å²) in [5.41, 5.74) is 0.00172. The highest BCUT2D eigenvalue weighted by Gasteiger charge is 2.32. The zero-order valence-corrected chi connectivity index (χ0v) is 18.7. The normalized spacial score (nSPS) is 14.2. The Morgan fingerprint density at radius 3 is 1.79 bits per heavy atom. The molecule has 0 aliphatic heterocycles. The molecule has 154 valence electrons. The van der Waals surface area contributed by atoms with E-state index in [0.29, 0.717) is 5.92 Å². The molecule has 0 bridgehead atoms. The molecular formula is C24H36O3Si. The van der Waals surface area contributed by atoms with Crippen LogP contribution in [0.15, 0.2) is 60.7 Å². The van der Waals surface area contributed by atoms with Crippen LogP contribution in [0.5, 0.6) is 0 Å². The van der Waals surface area contributed by atoms with Crippen molar-refractivity contribution in [2.75, 3.05) is 13.2 Å². The summed E-state index contributed by atoms with van der Waals surface area (Å²) in [5, 5.41) is 21.3. The van der Waals surface area contributed by atoms with Gasteiger partial charge in [-0.15, -0.1) is 0 Å². The lowest BCUT2D eigenvalue weighted by atomic mass is 9.81. The van der Waals surface area contributed by atoms with E-state index in [-0.39, 0.29) is 24.7 Å². The molecule has 0 radical (unpaired) electrons. The summed E-state index contributed by atoms with van der Waals surface area (Å²) in [6.07, 6.45) is 3.47. The van der Waals surface area contributed by atoms with Crippen LogP contribution >= 0.6 is 0 Å². The molecule has 0 aliphatic rings. The van der Waals surface area contributed by atoms with Crippen molar-refractivity contribution in [2.45, 2.75) is 52.6 Å². The SMILES string of the molecule is CC(C)(C)C(CC(CCO)CCCO)O[SiH](c1ccccc1)c1ccccc1. The third-order valence-electron chi connectivity index (χ3n) is 5.33. The van der Waals surface area contributed by atoms with Crippen LogP contribution in [0.2, 0.25) is 0 Å². The first-order valence-electron chi connectivity index (χ1n) is 10.4. The number of aliphatic hydroxyl groups excluding tert-OH is 2. The lowest BCUT2D eigenvalue weighted by Gasteiger charge is -2.36. The molecule has 2 N–H and O–H groups in total. The first-order chi connectivity index (χ1) is 13.5. The van der Waals surface area contributed by atoms with Gasteiger partial charge >= 0.3 is 0 Å². The topological polar surface area (TPSA) is 49.7 Å². The van der Waals surface area contributed by atoms with Crippen LogP contribution in [0.3, 0.4) is 0 Å². The minimum Gasteiger partial charge on any atom is -0.407 e. The van der Waals surface area contributed by atoms with E-state index in [9.17, 15) is 10.2 Å². The fourth-order valence-corrected chi connectivity index (χ4v) is 6.32. The van der Waals surface area contributed by atoms with Crippen LogP contribution in [0.1, 0.15) is 46.5 Å². The largest absolute Gasteiger partial charge is 0.407 e. The van der Waals surface area contributed by atoms with Gasteiger partial charge in [0.15, 0.2) is 0 Å². The average molecular weight is 401 g/mol. The lowest BCUT2D eigenvalue weighted by Crippen LogP contribution is -2.50. The quantitative estimate of drug-likeness (QED) is 0.570. The van der Waals surface area contributed by atoms with Crippen molar-refractivity contribution in [1.82, 2.24) is 0 Å².